The predicted octanol–water partition coefficient (Wildman–Crippen LogP) is 2.89. The van der Waals surface area contributed by atoms with Crippen LogP contribution in [0.4, 0.5) is 0 Å². The zero-order valence-corrected chi connectivity index (χ0v) is 13.8. The Kier molecular flexibility index (Phi) is 5.98. The molecule has 0 saturated carbocycles. The third-order valence-electron chi connectivity index (χ3n) is 4.50. The van der Waals surface area contributed by atoms with Crippen LogP contribution in [0.15, 0.2) is 24.3 Å². The minimum Gasteiger partial charge on any atom is -0.491 e. The second kappa shape index (κ2) is 7.75. The van der Waals surface area contributed by atoms with Crippen LogP contribution >= 0.6 is 0 Å². The fourth-order valence-electron chi connectivity index (χ4n) is 3.11. The highest BCUT2D eigenvalue weighted by molar-refractivity contribution is 5.94. The van der Waals surface area contributed by atoms with Crippen molar-refractivity contribution in [3.05, 3.63) is 29.8 Å². The van der Waals surface area contributed by atoms with Gasteiger partial charge in [0, 0.05) is 24.2 Å². The summed E-state index contributed by atoms with van der Waals surface area (Å²) in [5.41, 5.74) is 0.670. The summed E-state index contributed by atoms with van der Waals surface area (Å²) >= 11 is 0. The van der Waals surface area contributed by atoms with Crippen LogP contribution in [-0.4, -0.2) is 47.1 Å². The van der Waals surface area contributed by atoms with Crippen molar-refractivity contribution in [2.45, 2.75) is 58.2 Å². The number of piperidine rings is 1. The van der Waals surface area contributed by atoms with Crippen LogP contribution in [0.2, 0.25) is 0 Å². The van der Waals surface area contributed by atoms with Crippen molar-refractivity contribution in [2.24, 2.45) is 0 Å². The first-order valence-electron chi connectivity index (χ1n) is 8.15. The molecule has 1 aliphatic rings. The fourth-order valence-corrected chi connectivity index (χ4v) is 3.11. The minimum atomic E-state index is -0.504. The molecule has 0 unspecified atom stereocenters. The van der Waals surface area contributed by atoms with Gasteiger partial charge in [-0.3, -0.25) is 9.69 Å². The summed E-state index contributed by atoms with van der Waals surface area (Å²) in [5.74, 6) is 0.725. The molecule has 122 valence electrons. The molecule has 22 heavy (non-hydrogen) atoms. The first-order valence-corrected chi connectivity index (χ1v) is 8.15. The van der Waals surface area contributed by atoms with Crippen molar-refractivity contribution in [3.8, 4) is 5.75 Å². The molecular formula is C18H27NO3. The first-order chi connectivity index (χ1) is 10.5. The van der Waals surface area contributed by atoms with E-state index in [2.05, 4.69) is 18.7 Å². The van der Waals surface area contributed by atoms with Gasteiger partial charge >= 0.3 is 0 Å². The van der Waals surface area contributed by atoms with Crippen LogP contribution in [0.25, 0.3) is 0 Å². The molecule has 1 fully saturated rings. The molecule has 0 aromatic heterocycles. The summed E-state index contributed by atoms with van der Waals surface area (Å²) in [6.45, 7) is 6.91. The highest BCUT2D eigenvalue weighted by Gasteiger charge is 2.26. The lowest BCUT2D eigenvalue weighted by Gasteiger charge is -2.40. The number of ether oxygens (including phenoxy) is 1. The van der Waals surface area contributed by atoms with Crippen molar-refractivity contribution in [1.29, 1.82) is 0 Å². The standard InChI is InChI=1S/C18H27NO3/c1-13-5-4-6-14(2)19(13)11-17(21)12-22-18-9-7-16(8-10-18)15(3)20/h7-10,13-14,17,21H,4-6,11-12H2,1-3H3/t13-,14+,17-/m0/s1. The van der Waals surface area contributed by atoms with E-state index in [0.717, 1.165) is 0 Å². The van der Waals surface area contributed by atoms with E-state index in [9.17, 15) is 9.90 Å². The minimum absolute atomic E-state index is 0.0414. The maximum absolute atomic E-state index is 11.2. The Balaban J connectivity index is 1.81. The molecule has 0 spiro atoms. The van der Waals surface area contributed by atoms with Crippen molar-refractivity contribution >= 4 is 5.78 Å². The molecule has 2 rings (SSSR count). The van der Waals surface area contributed by atoms with Crippen LogP contribution in [0.3, 0.4) is 0 Å². The van der Waals surface area contributed by atoms with E-state index in [-0.39, 0.29) is 12.4 Å². The molecule has 1 aromatic carbocycles. The zero-order valence-electron chi connectivity index (χ0n) is 13.8. The molecule has 3 atom stereocenters. The molecular weight excluding hydrogens is 278 g/mol. The van der Waals surface area contributed by atoms with E-state index in [1.165, 1.54) is 19.3 Å². The number of hydrogen-bond acceptors (Lipinski definition) is 4. The van der Waals surface area contributed by atoms with E-state index in [4.69, 9.17) is 4.74 Å². The number of aliphatic hydroxyl groups is 1. The summed E-state index contributed by atoms with van der Waals surface area (Å²) in [6, 6.07) is 8.09. The van der Waals surface area contributed by atoms with Crippen molar-refractivity contribution in [2.75, 3.05) is 13.2 Å². The van der Waals surface area contributed by atoms with Crippen molar-refractivity contribution in [1.82, 2.24) is 4.90 Å². The number of aliphatic hydroxyl groups excluding tert-OH is 1. The SMILES string of the molecule is CC(=O)c1ccc(OC[C@@H](O)CN2[C@H](C)CCC[C@@H]2C)cc1. The van der Waals surface area contributed by atoms with Crippen molar-refractivity contribution in [3.63, 3.8) is 0 Å². The van der Waals surface area contributed by atoms with Crippen LogP contribution in [0, 0.1) is 0 Å². The largest absolute Gasteiger partial charge is 0.491 e. The van der Waals surface area contributed by atoms with Gasteiger partial charge in [0.05, 0.1) is 0 Å². The molecule has 0 aliphatic carbocycles. The van der Waals surface area contributed by atoms with Gasteiger partial charge in [-0.25, -0.2) is 0 Å². The number of benzene rings is 1. The Hall–Kier alpha value is -1.39. The lowest BCUT2D eigenvalue weighted by atomic mass is 9.97. The summed E-state index contributed by atoms with van der Waals surface area (Å²) in [6.07, 6.45) is 3.17. The summed E-state index contributed by atoms with van der Waals surface area (Å²) in [4.78, 5) is 13.6. The first kappa shape index (κ1) is 17.0. The lowest BCUT2D eigenvalue weighted by molar-refractivity contribution is 0.0209. The van der Waals surface area contributed by atoms with Crippen LogP contribution in [0.5, 0.6) is 5.75 Å². The number of hydrogen-bond donors (Lipinski definition) is 1. The van der Waals surface area contributed by atoms with E-state index in [0.29, 0.717) is 29.9 Å². The number of β-amino-alcohol motifs (C(OH)–C–C–N with tert-alkyl or cyclic N) is 1. The normalized spacial score (nSPS) is 24.0. The van der Waals surface area contributed by atoms with Gasteiger partial charge in [0.2, 0.25) is 0 Å². The number of ketones is 1. The van der Waals surface area contributed by atoms with E-state index >= 15 is 0 Å². The average Bonchev–Trinajstić information content (AvgIpc) is 2.49. The summed E-state index contributed by atoms with van der Waals surface area (Å²) in [5, 5.41) is 10.2. The predicted molar refractivity (Wildman–Crippen MR) is 87.4 cm³/mol. The highest BCUT2D eigenvalue weighted by Crippen LogP contribution is 2.22. The Morgan fingerprint density at radius 2 is 1.86 bits per heavy atom. The third-order valence-corrected chi connectivity index (χ3v) is 4.50. The van der Waals surface area contributed by atoms with E-state index < -0.39 is 6.10 Å². The van der Waals surface area contributed by atoms with Gasteiger partial charge < -0.3 is 9.84 Å². The maximum atomic E-state index is 11.2. The maximum Gasteiger partial charge on any atom is 0.159 e. The topological polar surface area (TPSA) is 49.8 Å². The molecule has 1 heterocycles. The van der Waals surface area contributed by atoms with Gasteiger partial charge in [-0.15, -0.1) is 0 Å². The quantitative estimate of drug-likeness (QED) is 0.821. The Morgan fingerprint density at radius 3 is 2.41 bits per heavy atom. The van der Waals surface area contributed by atoms with E-state index in [1.54, 1.807) is 31.2 Å². The van der Waals surface area contributed by atoms with Gasteiger partial charge in [-0.2, -0.15) is 0 Å². The van der Waals surface area contributed by atoms with Gasteiger partial charge in [-0.05, 0) is 57.9 Å². The molecule has 0 radical (unpaired) electrons. The number of rotatable bonds is 6. The van der Waals surface area contributed by atoms with Crippen LogP contribution in [-0.2, 0) is 0 Å². The molecule has 1 N–H and O–H groups in total. The number of carbonyl (C=O) groups is 1. The summed E-state index contributed by atoms with van der Waals surface area (Å²) in [7, 11) is 0. The monoisotopic (exact) mass is 305 g/mol. The van der Waals surface area contributed by atoms with Gasteiger partial charge in [0.15, 0.2) is 5.78 Å². The van der Waals surface area contributed by atoms with Gasteiger partial charge in [0.1, 0.15) is 18.5 Å². The molecule has 1 aromatic rings. The molecule has 4 heteroatoms. The Labute approximate surface area is 133 Å². The molecule has 4 nitrogen and oxygen atoms in total. The number of carbonyl (C=O) groups excluding carboxylic acids is 1. The van der Waals surface area contributed by atoms with Crippen LogP contribution < -0.4 is 4.74 Å². The smallest absolute Gasteiger partial charge is 0.159 e. The molecule has 0 bridgehead atoms. The van der Waals surface area contributed by atoms with E-state index in [1.807, 2.05) is 0 Å². The van der Waals surface area contributed by atoms with Crippen LogP contribution in [0.1, 0.15) is 50.4 Å². The number of nitrogens with zero attached hydrogens (tertiary/aromatic N) is 1. The average molecular weight is 305 g/mol. The van der Waals surface area contributed by atoms with Crippen molar-refractivity contribution < 1.29 is 14.6 Å². The second-order valence-corrected chi connectivity index (χ2v) is 6.37. The van der Waals surface area contributed by atoms with Gasteiger partial charge in [0.25, 0.3) is 0 Å². The third kappa shape index (κ3) is 4.55. The number of Topliss-reactive ketones (excluding diaryl/α,β-unsaturated/α-hetero) is 1. The molecule has 1 saturated heterocycles. The lowest BCUT2D eigenvalue weighted by Crippen LogP contribution is -2.48. The second-order valence-electron chi connectivity index (χ2n) is 6.37. The molecule has 1 aliphatic heterocycles. The molecule has 0 amide bonds. The number of likely N-dealkylation sites (tertiary alicyclic amines) is 1. The Morgan fingerprint density at radius 1 is 1.27 bits per heavy atom. The van der Waals surface area contributed by atoms with Gasteiger partial charge in [-0.1, -0.05) is 6.42 Å². The summed E-state index contributed by atoms with van der Waals surface area (Å²) < 4.78 is 5.63. The fraction of sp³-hybridized carbons (Fsp3) is 0.611. The zero-order chi connectivity index (χ0) is 16.1. The highest BCUT2D eigenvalue weighted by atomic mass is 16.5. The Bertz CT molecular complexity index is 476.